The number of hydrogen-bond donors (Lipinski definition) is 3. The van der Waals surface area contributed by atoms with Crippen LogP contribution in [0.1, 0.15) is 38.2 Å². The number of aryl methyl sites for hydroxylation is 1. The number of benzene rings is 3. The zero-order chi connectivity index (χ0) is 29.1. The lowest BCUT2D eigenvalue weighted by atomic mass is 9.91. The Morgan fingerprint density at radius 2 is 1.80 bits per heavy atom. The summed E-state index contributed by atoms with van der Waals surface area (Å²) < 4.78 is 49.1. The minimum absolute atomic E-state index is 0.0361. The van der Waals surface area contributed by atoms with Gasteiger partial charge in [-0.2, -0.15) is 0 Å². The van der Waals surface area contributed by atoms with Crippen molar-refractivity contribution in [2.24, 2.45) is 0 Å². The van der Waals surface area contributed by atoms with Crippen LogP contribution < -0.4 is 20.1 Å². The standard InChI is InChI=1S/C30H33ClFN5O3S/c1-4-18-13-19(14-20-17-34-30(36-29(18)20)35-22-11-9-21(33-2)10-12-22)23-15-25(32)26(16-27(23)40-3)37-41(38,39)28-8-6-5-7-24(28)31/h5-8,13-17,21-22,33,37H,4,9-12H2,1-3H3,(H,34,35,36)/t21-,22-. The Labute approximate surface area is 244 Å². The van der Waals surface area contributed by atoms with E-state index in [0.29, 0.717) is 41.3 Å². The van der Waals surface area contributed by atoms with Gasteiger partial charge in [-0.05, 0) is 80.6 Å². The van der Waals surface area contributed by atoms with Crippen LogP contribution in [0.15, 0.2) is 59.6 Å². The van der Waals surface area contributed by atoms with Crippen LogP contribution in [0.2, 0.25) is 5.02 Å². The molecule has 1 saturated carbocycles. The van der Waals surface area contributed by atoms with E-state index in [9.17, 15) is 8.42 Å². The Morgan fingerprint density at radius 1 is 1.07 bits per heavy atom. The molecule has 0 unspecified atom stereocenters. The molecule has 0 atom stereocenters. The first kappa shape index (κ1) is 29.0. The van der Waals surface area contributed by atoms with Crippen LogP contribution >= 0.6 is 11.6 Å². The summed E-state index contributed by atoms with van der Waals surface area (Å²) in [4.78, 5) is 9.26. The predicted octanol–water partition coefficient (Wildman–Crippen LogP) is 6.40. The van der Waals surface area contributed by atoms with E-state index in [1.165, 1.54) is 31.4 Å². The predicted molar refractivity (Wildman–Crippen MR) is 162 cm³/mol. The number of nitrogens with one attached hydrogen (secondary N) is 3. The molecule has 1 aliphatic rings. The van der Waals surface area contributed by atoms with E-state index in [4.69, 9.17) is 21.3 Å². The molecule has 11 heteroatoms. The lowest BCUT2D eigenvalue weighted by molar-refractivity contribution is 0.370. The van der Waals surface area contributed by atoms with Crippen molar-refractivity contribution in [3.8, 4) is 16.9 Å². The Kier molecular flexibility index (Phi) is 8.63. The van der Waals surface area contributed by atoms with Gasteiger partial charge in [0, 0.05) is 35.3 Å². The third-order valence-corrected chi connectivity index (χ3v) is 9.45. The lowest BCUT2D eigenvalue weighted by Gasteiger charge is -2.28. The number of ether oxygens (including phenoxy) is 1. The molecular weight excluding hydrogens is 565 g/mol. The molecular formula is C30H33ClFN5O3S. The van der Waals surface area contributed by atoms with E-state index in [-0.39, 0.29) is 15.6 Å². The summed E-state index contributed by atoms with van der Waals surface area (Å²) in [6.07, 6.45) is 6.83. The van der Waals surface area contributed by atoms with Crippen LogP contribution in [-0.4, -0.2) is 44.6 Å². The zero-order valence-corrected chi connectivity index (χ0v) is 24.7. The molecule has 41 heavy (non-hydrogen) atoms. The normalized spacial score (nSPS) is 17.4. The van der Waals surface area contributed by atoms with Crippen molar-refractivity contribution in [3.05, 3.63) is 71.1 Å². The molecule has 1 fully saturated rings. The molecule has 4 aromatic rings. The second-order valence-corrected chi connectivity index (χ2v) is 12.2. The van der Waals surface area contributed by atoms with E-state index < -0.39 is 15.8 Å². The highest BCUT2D eigenvalue weighted by Gasteiger charge is 2.23. The fourth-order valence-corrected chi connectivity index (χ4v) is 6.89. The summed E-state index contributed by atoms with van der Waals surface area (Å²) in [5.41, 5.74) is 2.75. The summed E-state index contributed by atoms with van der Waals surface area (Å²) in [6.45, 7) is 2.04. The highest BCUT2D eigenvalue weighted by atomic mass is 35.5. The van der Waals surface area contributed by atoms with E-state index in [1.807, 2.05) is 26.1 Å². The molecule has 216 valence electrons. The topological polar surface area (TPSA) is 105 Å². The van der Waals surface area contributed by atoms with E-state index in [2.05, 4.69) is 20.3 Å². The van der Waals surface area contributed by atoms with Crippen molar-refractivity contribution < 1.29 is 17.5 Å². The van der Waals surface area contributed by atoms with Crippen LogP contribution in [0.5, 0.6) is 5.75 Å². The van der Waals surface area contributed by atoms with Crippen LogP contribution in [-0.2, 0) is 16.4 Å². The van der Waals surface area contributed by atoms with Crippen molar-refractivity contribution in [1.82, 2.24) is 15.3 Å². The molecule has 0 amide bonds. The minimum atomic E-state index is -4.13. The maximum absolute atomic E-state index is 15.4. The van der Waals surface area contributed by atoms with Gasteiger partial charge in [-0.3, -0.25) is 4.72 Å². The van der Waals surface area contributed by atoms with E-state index in [1.54, 1.807) is 18.3 Å². The summed E-state index contributed by atoms with van der Waals surface area (Å²) in [5, 5.41) is 7.70. The van der Waals surface area contributed by atoms with Gasteiger partial charge >= 0.3 is 0 Å². The molecule has 0 saturated heterocycles. The molecule has 3 aromatic carbocycles. The van der Waals surface area contributed by atoms with E-state index in [0.717, 1.165) is 42.1 Å². The molecule has 5 rings (SSSR count). The van der Waals surface area contributed by atoms with Crippen molar-refractivity contribution in [1.29, 1.82) is 0 Å². The summed E-state index contributed by atoms with van der Waals surface area (Å²) in [6, 6.07) is 13.3. The fourth-order valence-electron chi connectivity index (χ4n) is 5.31. The molecule has 0 aliphatic heterocycles. The quantitative estimate of drug-likeness (QED) is 0.205. The van der Waals surface area contributed by atoms with Crippen molar-refractivity contribution >= 4 is 44.2 Å². The number of methoxy groups -OCH3 is 1. The first-order chi connectivity index (χ1) is 19.7. The number of aromatic nitrogens is 2. The Morgan fingerprint density at radius 3 is 2.49 bits per heavy atom. The minimum Gasteiger partial charge on any atom is -0.496 e. The van der Waals surface area contributed by atoms with Gasteiger partial charge in [-0.15, -0.1) is 0 Å². The maximum atomic E-state index is 15.4. The molecule has 0 radical (unpaired) electrons. The SMILES string of the molecule is CCc1cc(-c2cc(F)c(NS(=O)(=O)c3ccccc3Cl)cc2OC)cc2cnc(N[C@H]3CC[C@H](NC)CC3)nc12. The Hall–Kier alpha value is -3.47. The third kappa shape index (κ3) is 6.24. The number of rotatable bonds is 9. The molecule has 3 N–H and O–H groups in total. The van der Waals surface area contributed by atoms with Crippen molar-refractivity contribution in [2.45, 2.75) is 56.0 Å². The van der Waals surface area contributed by atoms with E-state index >= 15 is 4.39 Å². The molecule has 0 bridgehead atoms. The second kappa shape index (κ2) is 12.2. The lowest BCUT2D eigenvalue weighted by Crippen LogP contribution is -2.35. The molecule has 1 aromatic heterocycles. The summed E-state index contributed by atoms with van der Waals surface area (Å²) in [7, 11) is -0.669. The first-order valence-corrected chi connectivity index (χ1v) is 15.5. The fraction of sp³-hybridized carbons (Fsp3) is 0.333. The van der Waals surface area contributed by atoms with Gasteiger partial charge in [0.15, 0.2) is 0 Å². The van der Waals surface area contributed by atoms with Gasteiger partial charge in [-0.25, -0.2) is 22.8 Å². The monoisotopic (exact) mass is 597 g/mol. The number of halogens is 2. The molecule has 1 aliphatic carbocycles. The average molecular weight is 598 g/mol. The number of hydrogen-bond acceptors (Lipinski definition) is 7. The first-order valence-electron chi connectivity index (χ1n) is 13.6. The smallest absolute Gasteiger partial charge is 0.263 e. The third-order valence-electron chi connectivity index (χ3n) is 7.58. The van der Waals surface area contributed by atoms with Crippen molar-refractivity contribution in [3.63, 3.8) is 0 Å². The van der Waals surface area contributed by atoms with Gasteiger partial charge in [0.05, 0.1) is 23.3 Å². The highest BCUT2D eigenvalue weighted by Crippen LogP contribution is 2.38. The van der Waals surface area contributed by atoms with Gasteiger partial charge in [0.1, 0.15) is 16.5 Å². The number of anilines is 2. The number of sulfonamides is 1. The van der Waals surface area contributed by atoms with Gasteiger partial charge in [0.25, 0.3) is 10.0 Å². The number of nitrogens with zero attached hydrogens (tertiary/aromatic N) is 2. The molecule has 0 spiro atoms. The van der Waals surface area contributed by atoms with Crippen LogP contribution in [0, 0.1) is 5.82 Å². The second-order valence-electron chi connectivity index (χ2n) is 10.2. The van der Waals surface area contributed by atoms with Crippen LogP contribution in [0.25, 0.3) is 22.0 Å². The summed E-state index contributed by atoms with van der Waals surface area (Å²) in [5.74, 6) is 0.158. The Bertz CT molecular complexity index is 1680. The zero-order valence-electron chi connectivity index (χ0n) is 23.2. The van der Waals surface area contributed by atoms with Gasteiger partial charge in [0.2, 0.25) is 5.95 Å². The number of fused-ring (bicyclic) bond motifs is 1. The van der Waals surface area contributed by atoms with Crippen LogP contribution in [0.4, 0.5) is 16.0 Å². The molecule has 1 heterocycles. The molecule has 8 nitrogen and oxygen atoms in total. The average Bonchev–Trinajstić information content (AvgIpc) is 2.98. The van der Waals surface area contributed by atoms with Gasteiger partial charge in [-0.1, -0.05) is 30.7 Å². The Balaban J connectivity index is 1.45. The highest BCUT2D eigenvalue weighted by molar-refractivity contribution is 7.92. The maximum Gasteiger partial charge on any atom is 0.263 e. The largest absolute Gasteiger partial charge is 0.496 e. The van der Waals surface area contributed by atoms with Crippen LogP contribution in [0.3, 0.4) is 0 Å². The summed E-state index contributed by atoms with van der Waals surface area (Å²) >= 11 is 6.07. The van der Waals surface area contributed by atoms with Gasteiger partial charge < -0.3 is 15.4 Å². The van der Waals surface area contributed by atoms with Crippen molar-refractivity contribution in [2.75, 3.05) is 24.2 Å².